The third-order valence-electron chi connectivity index (χ3n) is 6.17. The molecule has 1 saturated heterocycles. The molecule has 1 amide bonds. The SMILES string of the molecule is C[C@@H]1[C@H](F)C[C@H](C(=O)NCc2cc(-c3cnc(C(F)(F)F)nc3)ncc2C(F)(F)F)N1S(=O)(=O)c1ccc(Cl)cn1. The second-order valence-corrected chi connectivity index (χ2v) is 11.1. The van der Waals surface area contributed by atoms with Gasteiger partial charge in [-0.25, -0.2) is 27.8 Å². The Balaban J connectivity index is 1.61. The summed E-state index contributed by atoms with van der Waals surface area (Å²) in [6.07, 6.45) is -9.22. The van der Waals surface area contributed by atoms with E-state index in [0.717, 1.165) is 30.7 Å². The van der Waals surface area contributed by atoms with Crippen molar-refractivity contribution in [2.45, 2.75) is 55.5 Å². The maximum atomic E-state index is 14.6. The first-order chi connectivity index (χ1) is 19.0. The topological polar surface area (TPSA) is 118 Å². The highest BCUT2D eigenvalue weighted by molar-refractivity contribution is 7.89. The standard InChI is InChI=1S/C23H18ClF7N6O3S/c1-11-16(25)5-18(37(11)41(39,40)19-3-2-14(24)9-33-19)20(38)34-6-12-4-17(32-10-15(12)22(26,27)28)13-7-35-21(36-8-13)23(29,30)31/h2-4,7-11,16,18H,5-6H2,1H3,(H,34,38)/t11-,16-,18-/m1/s1. The van der Waals surface area contributed by atoms with Gasteiger partial charge in [-0.3, -0.25) is 9.78 Å². The molecule has 0 bridgehead atoms. The molecular formula is C23H18ClF7N6O3S. The number of pyridine rings is 2. The third-order valence-corrected chi connectivity index (χ3v) is 8.31. The highest BCUT2D eigenvalue weighted by Crippen LogP contribution is 2.35. The number of sulfonamides is 1. The van der Waals surface area contributed by atoms with E-state index in [2.05, 4.69) is 25.3 Å². The van der Waals surface area contributed by atoms with Crippen molar-refractivity contribution in [2.24, 2.45) is 0 Å². The summed E-state index contributed by atoms with van der Waals surface area (Å²) >= 11 is 5.74. The number of aromatic nitrogens is 4. The largest absolute Gasteiger partial charge is 0.451 e. The van der Waals surface area contributed by atoms with Crippen molar-refractivity contribution in [3.05, 3.63) is 65.0 Å². The minimum absolute atomic E-state index is 0.121. The van der Waals surface area contributed by atoms with Crippen LogP contribution in [0.2, 0.25) is 5.02 Å². The molecule has 4 heterocycles. The van der Waals surface area contributed by atoms with E-state index in [0.29, 0.717) is 10.5 Å². The second kappa shape index (κ2) is 11.1. The Morgan fingerprint density at radius 2 is 1.68 bits per heavy atom. The Morgan fingerprint density at radius 3 is 2.24 bits per heavy atom. The van der Waals surface area contributed by atoms with Crippen molar-refractivity contribution < 1.29 is 43.9 Å². The molecule has 3 aromatic heterocycles. The van der Waals surface area contributed by atoms with E-state index in [9.17, 15) is 43.9 Å². The van der Waals surface area contributed by atoms with Gasteiger partial charge in [-0.15, -0.1) is 0 Å². The molecule has 0 unspecified atom stereocenters. The van der Waals surface area contributed by atoms with E-state index in [-0.39, 0.29) is 16.3 Å². The molecule has 3 aromatic rings. The monoisotopic (exact) mass is 626 g/mol. The summed E-state index contributed by atoms with van der Waals surface area (Å²) in [6.45, 7) is 0.425. The van der Waals surface area contributed by atoms with E-state index < -0.39 is 81.5 Å². The predicted octanol–water partition coefficient (Wildman–Crippen LogP) is 4.43. The average molecular weight is 627 g/mol. The zero-order valence-corrected chi connectivity index (χ0v) is 22.2. The number of alkyl halides is 7. The van der Waals surface area contributed by atoms with Crippen LogP contribution in [0.25, 0.3) is 11.3 Å². The molecule has 3 atom stereocenters. The molecule has 41 heavy (non-hydrogen) atoms. The van der Waals surface area contributed by atoms with Crippen molar-refractivity contribution in [2.75, 3.05) is 0 Å². The van der Waals surface area contributed by atoms with Crippen LogP contribution in [-0.2, 0) is 33.7 Å². The van der Waals surface area contributed by atoms with Gasteiger partial charge in [0.15, 0.2) is 5.03 Å². The lowest BCUT2D eigenvalue weighted by Gasteiger charge is -2.26. The van der Waals surface area contributed by atoms with Crippen LogP contribution in [0.5, 0.6) is 0 Å². The molecule has 0 aromatic carbocycles. The van der Waals surface area contributed by atoms with Crippen molar-refractivity contribution in [1.82, 2.24) is 29.6 Å². The molecule has 220 valence electrons. The van der Waals surface area contributed by atoms with Crippen molar-refractivity contribution in [1.29, 1.82) is 0 Å². The molecule has 1 N–H and O–H groups in total. The Bertz CT molecular complexity index is 1540. The van der Waals surface area contributed by atoms with E-state index in [1.807, 2.05) is 0 Å². The zero-order valence-electron chi connectivity index (χ0n) is 20.6. The summed E-state index contributed by atoms with van der Waals surface area (Å²) in [4.78, 5) is 26.7. The normalized spacial score (nSPS) is 20.3. The van der Waals surface area contributed by atoms with Crippen LogP contribution in [0.15, 0.2) is 48.0 Å². The predicted molar refractivity (Wildman–Crippen MR) is 128 cm³/mol. The van der Waals surface area contributed by atoms with Gasteiger partial charge in [-0.05, 0) is 30.7 Å². The van der Waals surface area contributed by atoms with Crippen molar-refractivity contribution in [3.8, 4) is 11.3 Å². The number of nitrogens with zero attached hydrogens (tertiary/aromatic N) is 5. The van der Waals surface area contributed by atoms with Gasteiger partial charge in [0.05, 0.1) is 22.3 Å². The van der Waals surface area contributed by atoms with Gasteiger partial charge < -0.3 is 5.32 Å². The van der Waals surface area contributed by atoms with Crippen LogP contribution in [0.1, 0.15) is 30.3 Å². The fraction of sp³-hybridized carbons (Fsp3) is 0.348. The fourth-order valence-electron chi connectivity index (χ4n) is 4.15. The number of nitrogens with one attached hydrogen (secondary N) is 1. The summed E-state index contributed by atoms with van der Waals surface area (Å²) < 4.78 is 121. The molecule has 0 radical (unpaired) electrons. The van der Waals surface area contributed by atoms with Gasteiger partial charge in [0.1, 0.15) is 12.2 Å². The highest BCUT2D eigenvalue weighted by atomic mass is 35.5. The molecule has 0 aliphatic carbocycles. The fourth-order valence-corrected chi connectivity index (χ4v) is 5.99. The Labute approximate surface area is 232 Å². The lowest BCUT2D eigenvalue weighted by molar-refractivity contribution is -0.145. The van der Waals surface area contributed by atoms with Crippen LogP contribution < -0.4 is 5.32 Å². The van der Waals surface area contributed by atoms with E-state index in [1.165, 1.54) is 13.0 Å². The maximum Gasteiger partial charge on any atom is 0.451 e. The van der Waals surface area contributed by atoms with Crippen LogP contribution in [0.4, 0.5) is 30.7 Å². The molecule has 1 fully saturated rings. The lowest BCUT2D eigenvalue weighted by Crippen LogP contribution is -2.48. The first-order valence-corrected chi connectivity index (χ1v) is 13.3. The summed E-state index contributed by atoms with van der Waals surface area (Å²) in [5.74, 6) is -2.55. The maximum absolute atomic E-state index is 14.6. The van der Waals surface area contributed by atoms with Crippen molar-refractivity contribution >= 4 is 27.5 Å². The molecule has 0 saturated carbocycles. The Hall–Kier alpha value is -3.44. The minimum atomic E-state index is -4.94. The minimum Gasteiger partial charge on any atom is -0.351 e. The number of rotatable bonds is 6. The van der Waals surface area contributed by atoms with Crippen LogP contribution in [0, 0.1) is 0 Å². The van der Waals surface area contributed by atoms with Gasteiger partial charge in [0, 0.05) is 43.3 Å². The molecule has 4 rings (SSSR count). The van der Waals surface area contributed by atoms with Gasteiger partial charge in [0.2, 0.25) is 11.7 Å². The number of amides is 1. The van der Waals surface area contributed by atoms with E-state index in [1.54, 1.807) is 0 Å². The molecule has 1 aliphatic rings. The number of hydrogen-bond acceptors (Lipinski definition) is 7. The van der Waals surface area contributed by atoms with E-state index >= 15 is 0 Å². The number of carbonyl (C=O) groups is 1. The summed E-state index contributed by atoms with van der Waals surface area (Å²) in [7, 11) is -4.52. The molecule has 0 spiro atoms. The smallest absolute Gasteiger partial charge is 0.351 e. The Morgan fingerprint density at radius 1 is 1.02 bits per heavy atom. The highest BCUT2D eigenvalue weighted by Gasteiger charge is 2.49. The second-order valence-electron chi connectivity index (χ2n) is 8.89. The number of hydrogen-bond donors (Lipinski definition) is 1. The summed E-state index contributed by atoms with van der Waals surface area (Å²) in [6, 6.07) is 0.235. The molecule has 1 aliphatic heterocycles. The van der Waals surface area contributed by atoms with Gasteiger partial charge in [-0.2, -0.15) is 30.6 Å². The zero-order chi connectivity index (χ0) is 30.3. The average Bonchev–Trinajstić information content (AvgIpc) is 3.21. The van der Waals surface area contributed by atoms with Crippen LogP contribution in [0.3, 0.4) is 0 Å². The first kappa shape index (κ1) is 30.5. The summed E-state index contributed by atoms with van der Waals surface area (Å²) in [5, 5.41) is 1.81. The molecule has 18 heteroatoms. The van der Waals surface area contributed by atoms with Gasteiger partial charge in [-0.1, -0.05) is 11.6 Å². The number of carbonyl (C=O) groups excluding carboxylic acids is 1. The third kappa shape index (κ3) is 6.41. The Kier molecular flexibility index (Phi) is 8.26. The van der Waals surface area contributed by atoms with Crippen LogP contribution >= 0.6 is 11.6 Å². The summed E-state index contributed by atoms with van der Waals surface area (Å²) in [5.41, 5.74) is -2.19. The van der Waals surface area contributed by atoms with Gasteiger partial charge >= 0.3 is 12.4 Å². The number of halogens is 8. The van der Waals surface area contributed by atoms with Crippen LogP contribution in [-0.4, -0.2) is 56.8 Å². The quantitative estimate of drug-likeness (QED) is 0.402. The van der Waals surface area contributed by atoms with Gasteiger partial charge in [0.25, 0.3) is 10.0 Å². The molecule has 9 nitrogen and oxygen atoms in total. The van der Waals surface area contributed by atoms with Crippen molar-refractivity contribution in [3.63, 3.8) is 0 Å². The van der Waals surface area contributed by atoms with E-state index in [4.69, 9.17) is 11.6 Å². The lowest BCUT2D eigenvalue weighted by atomic mass is 10.1. The molecular weight excluding hydrogens is 609 g/mol. The first-order valence-electron chi connectivity index (χ1n) is 11.5.